The van der Waals surface area contributed by atoms with Gasteiger partial charge in [-0.05, 0) is 74.0 Å². The van der Waals surface area contributed by atoms with Crippen molar-refractivity contribution in [2.75, 3.05) is 25.5 Å². The molecule has 4 aromatic rings. The summed E-state index contributed by atoms with van der Waals surface area (Å²) in [6.45, 7) is 3.28. The number of aliphatic imine (C=N–C) groups is 1. The molecule has 36 heavy (non-hydrogen) atoms. The van der Waals surface area contributed by atoms with Crippen LogP contribution in [-0.4, -0.2) is 41.4 Å². The van der Waals surface area contributed by atoms with Gasteiger partial charge in [-0.25, -0.2) is 0 Å². The Labute approximate surface area is 210 Å². The first-order valence-corrected chi connectivity index (χ1v) is 12.2. The first-order chi connectivity index (χ1) is 17.6. The molecule has 0 radical (unpaired) electrons. The van der Waals surface area contributed by atoms with E-state index in [0.717, 1.165) is 42.4 Å². The van der Waals surface area contributed by atoms with Gasteiger partial charge in [0.2, 0.25) is 5.88 Å². The quantitative estimate of drug-likeness (QED) is 0.293. The van der Waals surface area contributed by atoms with E-state index in [-0.39, 0.29) is 11.4 Å². The second-order valence-corrected chi connectivity index (χ2v) is 9.10. The highest BCUT2D eigenvalue weighted by molar-refractivity contribution is 6.03. The number of nitrogens with one attached hydrogen (secondary N) is 2. The van der Waals surface area contributed by atoms with Crippen molar-refractivity contribution in [3.63, 3.8) is 0 Å². The Morgan fingerprint density at radius 3 is 2.56 bits per heavy atom. The van der Waals surface area contributed by atoms with E-state index in [9.17, 15) is 9.90 Å². The lowest BCUT2D eigenvalue weighted by Crippen LogP contribution is -2.28. The maximum atomic E-state index is 12.5. The predicted octanol–water partition coefficient (Wildman–Crippen LogP) is 5.72. The summed E-state index contributed by atoms with van der Waals surface area (Å²) >= 11 is 0. The smallest absolute Gasteiger partial charge is 0.258 e. The van der Waals surface area contributed by atoms with Crippen molar-refractivity contribution < 1.29 is 9.84 Å². The van der Waals surface area contributed by atoms with Crippen molar-refractivity contribution in [3.05, 3.63) is 88.2 Å². The summed E-state index contributed by atoms with van der Waals surface area (Å²) in [6.07, 6.45) is 5.48. The number of nitrogens with zero attached hydrogens (tertiary/aromatic N) is 2. The first-order valence-electron chi connectivity index (χ1n) is 12.2. The van der Waals surface area contributed by atoms with Gasteiger partial charge >= 0.3 is 0 Å². The molecule has 2 heterocycles. The van der Waals surface area contributed by atoms with Crippen LogP contribution in [0.15, 0.2) is 76.5 Å². The Hall–Kier alpha value is -4.10. The second-order valence-electron chi connectivity index (χ2n) is 9.10. The van der Waals surface area contributed by atoms with E-state index in [4.69, 9.17) is 4.74 Å². The van der Waals surface area contributed by atoms with Gasteiger partial charge in [0.1, 0.15) is 5.75 Å². The zero-order valence-electron chi connectivity index (χ0n) is 20.3. The van der Waals surface area contributed by atoms with Crippen molar-refractivity contribution in [2.24, 2.45) is 4.99 Å². The molecule has 0 saturated carbocycles. The Bertz CT molecular complexity index is 1440. The molecule has 1 saturated heterocycles. The normalized spacial score (nSPS) is 14.4. The van der Waals surface area contributed by atoms with Crippen LogP contribution in [0.4, 0.5) is 17.1 Å². The van der Waals surface area contributed by atoms with E-state index in [1.807, 2.05) is 48.5 Å². The number of aromatic nitrogens is 1. The van der Waals surface area contributed by atoms with E-state index < -0.39 is 0 Å². The number of hydrogen-bond donors (Lipinski definition) is 3. The van der Waals surface area contributed by atoms with E-state index in [1.54, 1.807) is 19.4 Å². The predicted molar refractivity (Wildman–Crippen MR) is 145 cm³/mol. The van der Waals surface area contributed by atoms with Gasteiger partial charge in [-0.2, -0.15) is 0 Å². The third kappa shape index (κ3) is 5.42. The number of benzene rings is 3. The van der Waals surface area contributed by atoms with Gasteiger partial charge in [0, 0.05) is 41.0 Å². The molecule has 1 aliphatic rings. The molecule has 5 rings (SSSR count). The van der Waals surface area contributed by atoms with Gasteiger partial charge < -0.3 is 15.2 Å². The molecule has 3 aromatic carbocycles. The monoisotopic (exact) mass is 482 g/mol. The molecule has 3 N–H and O–H groups in total. The molecular formula is C29H30N4O3. The maximum absolute atomic E-state index is 12.5. The summed E-state index contributed by atoms with van der Waals surface area (Å²) in [6, 6.07) is 21.2. The fraction of sp³-hybridized carbons (Fsp3) is 0.241. The molecule has 1 fully saturated rings. The Kier molecular flexibility index (Phi) is 7.00. The first kappa shape index (κ1) is 23.6. The number of H-pyrrole nitrogens is 1. The van der Waals surface area contributed by atoms with Gasteiger partial charge in [-0.15, -0.1) is 0 Å². The minimum absolute atomic E-state index is 0.212. The van der Waals surface area contributed by atoms with Crippen LogP contribution in [0.25, 0.3) is 10.8 Å². The van der Waals surface area contributed by atoms with E-state index >= 15 is 0 Å². The van der Waals surface area contributed by atoms with Crippen molar-refractivity contribution >= 4 is 34.0 Å². The zero-order chi connectivity index (χ0) is 24.9. The zero-order valence-corrected chi connectivity index (χ0v) is 20.3. The van der Waals surface area contributed by atoms with Crippen molar-refractivity contribution in [3.8, 4) is 11.6 Å². The Morgan fingerprint density at radius 1 is 1.00 bits per heavy atom. The number of likely N-dealkylation sites (tertiary alicyclic amines) is 1. The van der Waals surface area contributed by atoms with Crippen LogP contribution in [0.3, 0.4) is 0 Å². The lowest BCUT2D eigenvalue weighted by molar-refractivity contribution is 0.221. The number of aromatic amines is 1. The molecule has 0 unspecified atom stereocenters. The number of rotatable bonds is 7. The fourth-order valence-corrected chi connectivity index (χ4v) is 4.61. The van der Waals surface area contributed by atoms with Gasteiger partial charge in [-0.3, -0.25) is 19.7 Å². The lowest BCUT2D eigenvalue weighted by atomic mass is 10.1. The average molecular weight is 483 g/mol. The van der Waals surface area contributed by atoms with Crippen molar-refractivity contribution in [2.45, 2.75) is 25.8 Å². The summed E-state index contributed by atoms with van der Waals surface area (Å²) < 4.78 is 5.29. The third-order valence-electron chi connectivity index (χ3n) is 6.53. The summed E-state index contributed by atoms with van der Waals surface area (Å²) in [5.41, 5.74) is 3.77. The van der Waals surface area contributed by atoms with Crippen molar-refractivity contribution in [1.82, 2.24) is 9.88 Å². The number of hydrogen-bond acceptors (Lipinski definition) is 6. The van der Waals surface area contributed by atoms with Gasteiger partial charge in [0.25, 0.3) is 5.56 Å². The van der Waals surface area contributed by atoms with Crippen molar-refractivity contribution in [1.29, 1.82) is 0 Å². The topological polar surface area (TPSA) is 89.9 Å². The minimum Gasteiger partial charge on any atom is -0.497 e. The number of methoxy groups -OCH3 is 1. The number of fused-ring (bicyclic) bond motifs is 1. The maximum Gasteiger partial charge on any atom is 0.258 e. The Morgan fingerprint density at radius 2 is 1.78 bits per heavy atom. The molecule has 1 aliphatic heterocycles. The average Bonchev–Trinajstić information content (AvgIpc) is 2.90. The van der Waals surface area contributed by atoms with Crippen LogP contribution in [-0.2, 0) is 6.54 Å². The second kappa shape index (κ2) is 10.7. The largest absolute Gasteiger partial charge is 0.497 e. The van der Waals surface area contributed by atoms with Crippen LogP contribution in [0, 0.1) is 0 Å². The Balaban J connectivity index is 1.40. The molecule has 184 valence electrons. The van der Waals surface area contributed by atoms with Crippen LogP contribution >= 0.6 is 0 Å². The van der Waals surface area contributed by atoms with Crippen LogP contribution in [0.1, 0.15) is 30.4 Å². The van der Waals surface area contributed by atoms with Crippen LogP contribution < -0.4 is 15.6 Å². The summed E-state index contributed by atoms with van der Waals surface area (Å²) in [4.78, 5) is 22.1. The molecule has 1 aromatic heterocycles. The highest BCUT2D eigenvalue weighted by Crippen LogP contribution is 2.28. The molecule has 0 bridgehead atoms. The van der Waals surface area contributed by atoms with Crippen LogP contribution in [0.2, 0.25) is 0 Å². The van der Waals surface area contributed by atoms with Gasteiger partial charge in [0.15, 0.2) is 0 Å². The molecule has 7 nitrogen and oxygen atoms in total. The SMILES string of the molecule is COc1cccc(Nc2ccc3c(=O)[nH]c(O)c(C=Nc4ccc(CN5CCCCC5)cc4)c3c2)c1. The van der Waals surface area contributed by atoms with E-state index in [1.165, 1.54) is 24.8 Å². The molecule has 0 atom stereocenters. The van der Waals surface area contributed by atoms with Crippen LogP contribution in [0.5, 0.6) is 11.6 Å². The minimum atomic E-state index is -0.352. The molecule has 0 amide bonds. The summed E-state index contributed by atoms with van der Waals surface area (Å²) in [5.74, 6) is 0.529. The fourth-order valence-electron chi connectivity index (χ4n) is 4.61. The lowest BCUT2D eigenvalue weighted by Gasteiger charge is -2.26. The molecule has 0 spiro atoms. The number of aromatic hydroxyl groups is 1. The molecule has 0 aliphatic carbocycles. The van der Waals surface area contributed by atoms with Gasteiger partial charge in [0.05, 0.1) is 18.4 Å². The number of pyridine rings is 1. The van der Waals surface area contributed by atoms with Gasteiger partial charge in [-0.1, -0.05) is 24.6 Å². The summed E-state index contributed by atoms with van der Waals surface area (Å²) in [7, 11) is 1.62. The highest BCUT2D eigenvalue weighted by atomic mass is 16.5. The molecular weight excluding hydrogens is 452 g/mol. The number of ether oxygens (including phenoxy) is 1. The third-order valence-corrected chi connectivity index (χ3v) is 6.53. The number of piperidine rings is 1. The van der Waals surface area contributed by atoms with E-state index in [2.05, 4.69) is 32.3 Å². The highest BCUT2D eigenvalue weighted by Gasteiger charge is 2.12. The number of anilines is 2. The molecule has 7 heteroatoms. The standard InChI is InChI=1S/C29H30N4O3/c1-36-24-7-5-6-22(16-24)31-23-12-13-25-26(17-23)27(29(35)32-28(25)34)18-30-21-10-8-20(9-11-21)19-33-14-3-2-4-15-33/h5-13,16-18,31H,2-4,14-15,19H2,1H3,(H2,32,34,35). The summed E-state index contributed by atoms with van der Waals surface area (Å²) in [5, 5.41) is 15.0. The van der Waals surface area contributed by atoms with E-state index in [0.29, 0.717) is 16.3 Å².